The summed E-state index contributed by atoms with van der Waals surface area (Å²) in [6.07, 6.45) is 1.69. The molecule has 0 saturated carbocycles. The minimum atomic E-state index is 0.0920. The Balaban J connectivity index is 1.71. The fourth-order valence-corrected chi connectivity index (χ4v) is 3.04. The van der Waals surface area contributed by atoms with Crippen LogP contribution >= 0.6 is 0 Å². The van der Waals surface area contributed by atoms with Gasteiger partial charge in [-0.3, -0.25) is 9.59 Å². The van der Waals surface area contributed by atoms with E-state index in [-0.39, 0.29) is 11.6 Å². The van der Waals surface area contributed by atoms with Gasteiger partial charge in [0.05, 0.1) is 0 Å². The fraction of sp³-hybridized carbons (Fsp3) is 0.167. The minimum Gasteiger partial charge on any atom is -0.295 e. The number of hydrogen-bond acceptors (Lipinski definition) is 2. The summed E-state index contributed by atoms with van der Waals surface area (Å²) in [6.45, 7) is 3.17. The zero-order valence-corrected chi connectivity index (χ0v) is 15.2. The number of carbonyl (C=O) groups is 2. The molecular weight excluding hydrogens is 320 g/mol. The largest absolute Gasteiger partial charge is 0.295 e. The molecule has 0 amide bonds. The molecule has 0 aliphatic rings. The highest BCUT2D eigenvalue weighted by Gasteiger charge is 2.03. The van der Waals surface area contributed by atoms with E-state index in [1.165, 1.54) is 22.3 Å². The van der Waals surface area contributed by atoms with Crippen LogP contribution in [0.15, 0.2) is 72.8 Å². The number of benzene rings is 3. The van der Waals surface area contributed by atoms with Gasteiger partial charge in [0, 0.05) is 11.1 Å². The van der Waals surface area contributed by atoms with Crippen LogP contribution in [0.2, 0.25) is 0 Å². The molecule has 0 bridgehead atoms. The van der Waals surface area contributed by atoms with Gasteiger partial charge in [0.2, 0.25) is 0 Å². The van der Waals surface area contributed by atoms with Crippen LogP contribution in [0.4, 0.5) is 0 Å². The van der Waals surface area contributed by atoms with Crippen molar-refractivity contribution >= 4 is 11.6 Å². The molecule has 3 aromatic carbocycles. The molecule has 0 atom stereocenters. The zero-order chi connectivity index (χ0) is 18.5. The van der Waals surface area contributed by atoms with Crippen LogP contribution in [0.5, 0.6) is 0 Å². The topological polar surface area (TPSA) is 34.1 Å². The first-order chi connectivity index (χ1) is 12.5. The highest BCUT2D eigenvalue weighted by molar-refractivity contribution is 5.94. The Morgan fingerprint density at radius 1 is 0.577 bits per heavy atom. The van der Waals surface area contributed by atoms with Crippen molar-refractivity contribution in [3.05, 3.63) is 106 Å². The summed E-state index contributed by atoms with van der Waals surface area (Å²) in [6, 6.07) is 24.2. The van der Waals surface area contributed by atoms with Crippen molar-refractivity contribution in [1.29, 1.82) is 0 Å². The second-order valence-electron chi connectivity index (χ2n) is 6.68. The number of rotatable bonds is 6. The fourth-order valence-electron chi connectivity index (χ4n) is 3.04. The molecular formula is C24H22O2. The van der Waals surface area contributed by atoms with Gasteiger partial charge in [-0.15, -0.1) is 0 Å². The predicted octanol–water partition coefficient (Wildman–Crippen LogP) is 5.27. The molecule has 3 rings (SSSR count). The van der Waals surface area contributed by atoms with Gasteiger partial charge in [-0.05, 0) is 48.9 Å². The lowest BCUT2D eigenvalue weighted by Crippen LogP contribution is -1.96. The Bertz CT molecular complexity index is 844. The van der Waals surface area contributed by atoms with E-state index in [1.807, 2.05) is 48.5 Å². The smallest absolute Gasteiger partial charge is 0.159 e. The first-order valence-corrected chi connectivity index (χ1v) is 8.79. The van der Waals surface area contributed by atoms with E-state index in [0.717, 1.165) is 24.0 Å². The maximum atomic E-state index is 11.4. The average Bonchev–Trinajstić information content (AvgIpc) is 2.63. The van der Waals surface area contributed by atoms with E-state index in [2.05, 4.69) is 24.3 Å². The second kappa shape index (κ2) is 7.92. The first-order valence-electron chi connectivity index (χ1n) is 8.79. The highest BCUT2D eigenvalue weighted by atomic mass is 16.1. The third-order valence-corrected chi connectivity index (χ3v) is 4.53. The molecule has 0 radical (unpaired) electrons. The van der Waals surface area contributed by atoms with Gasteiger partial charge in [-0.2, -0.15) is 0 Å². The maximum absolute atomic E-state index is 11.4. The van der Waals surface area contributed by atoms with Crippen LogP contribution in [0.1, 0.15) is 56.8 Å². The molecule has 0 unspecified atom stereocenters. The highest BCUT2D eigenvalue weighted by Crippen LogP contribution is 2.16. The Kier molecular flexibility index (Phi) is 5.43. The third kappa shape index (κ3) is 4.54. The molecule has 26 heavy (non-hydrogen) atoms. The number of ketones is 2. The van der Waals surface area contributed by atoms with Crippen LogP contribution in [0, 0.1) is 0 Å². The summed E-state index contributed by atoms with van der Waals surface area (Å²) < 4.78 is 0. The van der Waals surface area contributed by atoms with Crippen LogP contribution in [0.3, 0.4) is 0 Å². The standard InChI is InChI=1S/C24H22O2/c1-17(25)23-10-6-19(7-11-23)14-21-4-3-5-22(16-21)15-20-8-12-24(13-9-20)18(2)26/h3-13,16H,14-15H2,1-2H3. The van der Waals surface area contributed by atoms with Gasteiger partial charge in [0.25, 0.3) is 0 Å². The summed E-state index contributed by atoms with van der Waals surface area (Å²) in [5.41, 5.74) is 6.38. The van der Waals surface area contributed by atoms with Crippen molar-refractivity contribution in [2.24, 2.45) is 0 Å². The van der Waals surface area contributed by atoms with E-state index >= 15 is 0 Å². The Labute approximate surface area is 154 Å². The molecule has 0 aromatic heterocycles. The summed E-state index contributed by atoms with van der Waals surface area (Å²) in [5, 5.41) is 0. The monoisotopic (exact) mass is 342 g/mol. The van der Waals surface area contributed by atoms with E-state index in [9.17, 15) is 9.59 Å². The minimum absolute atomic E-state index is 0.0920. The van der Waals surface area contributed by atoms with Gasteiger partial charge < -0.3 is 0 Å². The lowest BCUT2D eigenvalue weighted by Gasteiger charge is -2.07. The molecule has 3 aromatic rings. The quantitative estimate of drug-likeness (QED) is 0.572. The van der Waals surface area contributed by atoms with Crippen molar-refractivity contribution in [1.82, 2.24) is 0 Å². The molecule has 0 spiro atoms. The van der Waals surface area contributed by atoms with Gasteiger partial charge in [-0.1, -0.05) is 72.8 Å². The Hall–Kier alpha value is -3.00. The zero-order valence-electron chi connectivity index (χ0n) is 15.2. The molecule has 0 aliphatic carbocycles. The summed E-state index contributed by atoms with van der Waals surface area (Å²) in [5.74, 6) is 0.184. The third-order valence-electron chi connectivity index (χ3n) is 4.53. The summed E-state index contributed by atoms with van der Waals surface area (Å²) in [7, 11) is 0. The first kappa shape index (κ1) is 17.8. The maximum Gasteiger partial charge on any atom is 0.159 e. The number of Topliss-reactive ketones (excluding diaryl/α,β-unsaturated/α-hetero) is 2. The molecule has 130 valence electrons. The molecule has 2 nitrogen and oxygen atoms in total. The van der Waals surface area contributed by atoms with Gasteiger partial charge in [-0.25, -0.2) is 0 Å². The van der Waals surface area contributed by atoms with Crippen molar-refractivity contribution < 1.29 is 9.59 Å². The van der Waals surface area contributed by atoms with Crippen molar-refractivity contribution in [3.63, 3.8) is 0 Å². The van der Waals surface area contributed by atoms with E-state index in [1.54, 1.807) is 13.8 Å². The van der Waals surface area contributed by atoms with Crippen LogP contribution in [-0.2, 0) is 12.8 Å². The SMILES string of the molecule is CC(=O)c1ccc(Cc2cccc(Cc3ccc(C(C)=O)cc3)c2)cc1. The molecule has 2 heteroatoms. The van der Waals surface area contributed by atoms with Gasteiger partial charge in [0.1, 0.15) is 0 Å². The normalized spacial score (nSPS) is 10.5. The Morgan fingerprint density at radius 2 is 0.962 bits per heavy atom. The lowest BCUT2D eigenvalue weighted by molar-refractivity contribution is 0.100. The van der Waals surface area contributed by atoms with Gasteiger partial charge in [0.15, 0.2) is 11.6 Å². The molecule has 0 aliphatic heterocycles. The van der Waals surface area contributed by atoms with Gasteiger partial charge >= 0.3 is 0 Å². The summed E-state index contributed by atoms with van der Waals surface area (Å²) in [4.78, 5) is 22.7. The lowest BCUT2D eigenvalue weighted by atomic mass is 9.98. The van der Waals surface area contributed by atoms with Crippen LogP contribution in [-0.4, -0.2) is 11.6 Å². The van der Waals surface area contributed by atoms with Crippen LogP contribution < -0.4 is 0 Å². The molecule has 0 N–H and O–H groups in total. The molecule has 0 heterocycles. The number of carbonyl (C=O) groups excluding carboxylic acids is 2. The Morgan fingerprint density at radius 3 is 1.31 bits per heavy atom. The van der Waals surface area contributed by atoms with E-state index < -0.39 is 0 Å². The average molecular weight is 342 g/mol. The van der Waals surface area contributed by atoms with Crippen LogP contribution in [0.25, 0.3) is 0 Å². The van der Waals surface area contributed by atoms with E-state index in [4.69, 9.17) is 0 Å². The van der Waals surface area contributed by atoms with Crippen molar-refractivity contribution in [2.45, 2.75) is 26.7 Å². The molecule has 0 fully saturated rings. The summed E-state index contributed by atoms with van der Waals surface area (Å²) >= 11 is 0. The van der Waals surface area contributed by atoms with Crippen molar-refractivity contribution in [2.75, 3.05) is 0 Å². The number of hydrogen-bond donors (Lipinski definition) is 0. The van der Waals surface area contributed by atoms with Crippen molar-refractivity contribution in [3.8, 4) is 0 Å². The predicted molar refractivity (Wildman–Crippen MR) is 105 cm³/mol. The van der Waals surface area contributed by atoms with E-state index in [0.29, 0.717) is 0 Å². The molecule has 0 saturated heterocycles. The second-order valence-corrected chi connectivity index (χ2v) is 6.68.